The van der Waals surface area contributed by atoms with Gasteiger partial charge in [-0.15, -0.1) is 0 Å². The van der Waals surface area contributed by atoms with Crippen LogP contribution in [0.3, 0.4) is 0 Å². The van der Waals surface area contributed by atoms with E-state index in [4.69, 9.17) is 22.8 Å². The fraction of sp³-hybridized carbons (Fsp3) is 0.842. The first kappa shape index (κ1) is 45.7. The first-order valence-corrected chi connectivity index (χ1v) is 28.8. The zero-order valence-electron chi connectivity index (χ0n) is 35.1. The van der Waals surface area contributed by atoms with Crippen molar-refractivity contribution in [2.75, 3.05) is 12.9 Å². The van der Waals surface area contributed by atoms with Gasteiger partial charge in [-0.1, -0.05) is 94.4 Å². The molecule has 1 heterocycles. The van der Waals surface area contributed by atoms with Gasteiger partial charge in [0.1, 0.15) is 6.10 Å². The number of sulfone groups is 1. The number of hydrogen-bond acceptors (Lipinski definition) is 8. The van der Waals surface area contributed by atoms with Crippen molar-refractivity contribution in [3.8, 4) is 0 Å². The molecular formula is C38H74O8SSi3. The fourth-order valence-electron chi connectivity index (χ4n) is 5.94. The molecule has 1 aromatic rings. The molecule has 1 N–H and O–H groups in total. The molecule has 1 saturated heterocycles. The molecule has 0 aromatic heterocycles. The molecule has 1 aliphatic rings. The summed E-state index contributed by atoms with van der Waals surface area (Å²) in [5.74, 6) is -1.87. The first-order valence-electron chi connectivity index (χ1n) is 18.4. The van der Waals surface area contributed by atoms with E-state index in [9.17, 15) is 13.5 Å². The molecule has 0 aliphatic carbocycles. The minimum atomic E-state index is -3.78. The van der Waals surface area contributed by atoms with E-state index in [1.165, 1.54) is 0 Å². The average Bonchev–Trinajstić information content (AvgIpc) is 2.91. The molecule has 0 unspecified atom stereocenters. The summed E-state index contributed by atoms with van der Waals surface area (Å²) in [6, 6.07) is 8.47. The molecule has 292 valence electrons. The minimum Gasteiger partial charge on any atom is -0.412 e. The Morgan fingerprint density at radius 2 is 1.28 bits per heavy atom. The van der Waals surface area contributed by atoms with Crippen LogP contribution in [-0.2, 0) is 32.6 Å². The second-order valence-corrected chi connectivity index (χ2v) is 36.2. The third-order valence-electron chi connectivity index (χ3n) is 12.3. The Labute approximate surface area is 310 Å². The molecule has 8 nitrogen and oxygen atoms in total. The topological polar surface area (TPSA) is 101 Å². The van der Waals surface area contributed by atoms with E-state index in [2.05, 4.69) is 109 Å². The number of aliphatic hydroxyl groups excluding tert-OH is 1. The third-order valence-corrected chi connectivity index (χ3v) is 27.9. The highest BCUT2D eigenvalue weighted by molar-refractivity contribution is 7.91. The molecule has 6 atom stereocenters. The molecule has 0 saturated carbocycles. The molecule has 1 fully saturated rings. The van der Waals surface area contributed by atoms with Crippen LogP contribution in [0.15, 0.2) is 35.2 Å². The minimum absolute atomic E-state index is 0.00803. The highest BCUT2D eigenvalue weighted by Crippen LogP contribution is 2.50. The van der Waals surface area contributed by atoms with Crippen molar-refractivity contribution in [1.29, 1.82) is 0 Å². The van der Waals surface area contributed by atoms with Crippen LogP contribution in [0.5, 0.6) is 0 Å². The van der Waals surface area contributed by atoms with Gasteiger partial charge < -0.3 is 27.9 Å². The van der Waals surface area contributed by atoms with Crippen molar-refractivity contribution in [1.82, 2.24) is 0 Å². The van der Waals surface area contributed by atoms with Crippen LogP contribution >= 0.6 is 0 Å². The van der Waals surface area contributed by atoms with E-state index in [-0.39, 0.29) is 44.4 Å². The summed E-state index contributed by atoms with van der Waals surface area (Å²) in [5, 5.41) is 11.9. The van der Waals surface area contributed by atoms with Crippen molar-refractivity contribution in [3.05, 3.63) is 30.3 Å². The van der Waals surface area contributed by atoms with Gasteiger partial charge in [-0.05, 0) is 73.5 Å². The van der Waals surface area contributed by atoms with E-state index in [1.54, 1.807) is 37.4 Å². The number of rotatable bonds is 14. The molecule has 0 spiro atoms. The van der Waals surface area contributed by atoms with Crippen LogP contribution in [0.25, 0.3) is 0 Å². The molecule has 50 heavy (non-hydrogen) atoms. The second-order valence-electron chi connectivity index (χ2n) is 19.9. The monoisotopic (exact) mass is 774 g/mol. The first-order chi connectivity index (χ1) is 22.2. The summed E-state index contributed by atoms with van der Waals surface area (Å²) < 4.78 is 62.6. The molecule has 0 radical (unpaired) electrons. The average molecular weight is 775 g/mol. The third kappa shape index (κ3) is 10.2. The lowest BCUT2D eigenvalue weighted by atomic mass is 9.76. The van der Waals surface area contributed by atoms with Crippen LogP contribution in [-0.4, -0.2) is 87.6 Å². The summed E-state index contributed by atoms with van der Waals surface area (Å²) >= 11 is 0. The Balaban J connectivity index is 2.71. The maximum Gasteiger partial charge on any atom is 0.202 e. The summed E-state index contributed by atoms with van der Waals surface area (Å²) in [6.07, 6.45) is -2.27. The SMILES string of the molecule is CO[C@@]1(C(C)(C)CS(=O)(=O)c2ccccc2)O[C@H](C[C@@H](O[Si](C)(C)C(C)(C)C)[C@@H](C)O[Si](C)(C)C(C)(C)C)C[C@@H](O)[C@@H]1O[Si](C)(C)C(C)(C)C. The second kappa shape index (κ2) is 15.4. The number of aliphatic hydroxyl groups is 1. The maximum absolute atomic E-state index is 14.0. The van der Waals surface area contributed by atoms with Gasteiger partial charge in [0.15, 0.2) is 34.8 Å². The van der Waals surface area contributed by atoms with Gasteiger partial charge in [0.2, 0.25) is 5.79 Å². The fourth-order valence-corrected chi connectivity index (χ4v) is 12.0. The van der Waals surface area contributed by atoms with Crippen LogP contribution in [0, 0.1) is 5.41 Å². The van der Waals surface area contributed by atoms with E-state index < -0.39 is 64.3 Å². The summed E-state index contributed by atoms with van der Waals surface area (Å²) in [5.41, 5.74) is -1.15. The van der Waals surface area contributed by atoms with Crippen molar-refractivity contribution in [2.24, 2.45) is 5.41 Å². The van der Waals surface area contributed by atoms with Gasteiger partial charge in [-0.3, -0.25) is 0 Å². The molecule has 1 aromatic carbocycles. The number of methoxy groups -OCH3 is 1. The Bertz CT molecular complexity index is 1360. The standard InChI is InChI=1S/C38H74O8SSi3/c1-28(44-48(14,15)34(2,3)4)32(45-49(16,17)35(5,6)7)26-29-25-31(39)33(46-50(18,19)36(8,9)10)38(42-13,43-29)37(11,12)27-47(40,41)30-23-21-20-22-24-30/h20-24,28-29,31-33,39H,25-27H2,1-19H3/t28-,29+,31-,32-,33+,38-/m1/s1. The summed E-state index contributed by atoms with van der Waals surface area (Å²) in [6.45, 7) is 38.9. The summed E-state index contributed by atoms with van der Waals surface area (Å²) in [4.78, 5) is 0.230. The predicted molar refractivity (Wildman–Crippen MR) is 214 cm³/mol. The Morgan fingerprint density at radius 3 is 1.72 bits per heavy atom. The van der Waals surface area contributed by atoms with Crippen LogP contribution in [0.4, 0.5) is 0 Å². The van der Waals surface area contributed by atoms with Gasteiger partial charge in [0.05, 0.1) is 35.1 Å². The van der Waals surface area contributed by atoms with Gasteiger partial charge >= 0.3 is 0 Å². The van der Waals surface area contributed by atoms with Gasteiger partial charge in [0.25, 0.3) is 0 Å². The zero-order chi connectivity index (χ0) is 39.2. The molecule has 2 rings (SSSR count). The lowest BCUT2D eigenvalue weighted by Gasteiger charge is -2.57. The lowest BCUT2D eigenvalue weighted by molar-refractivity contribution is -0.368. The van der Waals surface area contributed by atoms with Gasteiger partial charge in [-0.2, -0.15) is 0 Å². The highest BCUT2D eigenvalue weighted by Gasteiger charge is 2.63. The van der Waals surface area contributed by atoms with E-state index in [0.29, 0.717) is 6.42 Å². The number of ether oxygens (including phenoxy) is 2. The Morgan fingerprint density at radius 1 is 0.820 bits per heavy atom. The van der Waals surface area contributed by atoms with E-state index in [1.807, 2.05) is 13.8 Å². The normalized spacial score (nSPS) is 25.0. The number of benzene rings is 1. The smallest absolute Gasteiger partial charge is 0.202 e. The Kier molecular flexibility index (Phi) is 14.1. The van der Waals surface area contributed by atoms with Crippen LogP contribution in [0.1, 0.15) is 95.9 Å². The van der Waals surface area contributed by atoms with Crippen molar-refractivity contribution >= 4 is 34.8 Å². The lowest BCUT2D eigenvalue weighted by Crippen LogP contribution is -2.70. The quantitative estimate of drug-likeness (QED) is 0.187. The maximum atomic E-state index is 14.0. The van der Waals surface area contributed by atoms with Crippen LogP contribution < -0.4 is 0 Å². The van der Waals surface area contributed by atoms with E-state index >= 15 is 0 Å². The molecule has 0 bridgehead atoms. The van der Waals surface area contributed by atoms with Crippen molar-refractivity contribution in [3.63, 3.8) is 0 Å². The molecule has 0 amide bonds. The zero-order valence-corrected chi connectivity index (χ0v) is 38.9. The summed E-state index contributed by atoms with van der Waals surface area (Å²) in [7, 11) is -9.20. The van der Waals surface area contributed by atoms with Gasteiger partial charge in [-0.25, -0.2) is 8.42 Å². The number of hydrogen-bond donors (Lipinski definition) is 1. The van der Waals surface area contributed by atoms with E-state index in [0.717, 1.165) is 0 Å². The molecule has 1 aliphatic heterocycles. The van der Waals surface area contributed by atoms with Crippen molar-refractivity contribution < 1.29 is 36.3 Å². The Hall–Kier alpha value is -0.419. The van der Waals surface area contributed by atoms with Crippen LogP contribution in [0.2, 0.25) is 54.4 Å². The molecule has 12 heteroatoms. The predicted octanol–water partition coefficient (Wildman–Crippen LogP) is 9.56. The molecular weight excluding hydrogens is 701 g/mol. The van der Waals surface area contributed by atoms with Crippen molar-refractivity contribution in [2.45, 2.75) is 192 Å². The largest absolute Gasteiger partial charge is 0.412 e. The van der Waals surface area contributed by atoms with Gasteiger partial charge in [0, 0.05) is 25.4 Å². The highest BCUT2D eigenvalue weighted by atomic mass is 32.2.